The fourth-order valence-corrected chi connectivity index (χ4v) is 4.22. The van der Waals surface area contributed by atoms with Gasteiger partial charge in [-0.1, -0.05) is 6.07 Å². The minimum atomic E-state index is 0.544. The minimum Gasteiger partial charge on any atom is -0.303 e. The van der Waals surface area contributed by atoms with Gasteiger partial charge in [0.15, 0.2) is 4.77 Å². The second-order valence-electron chi connectivity index (χ2n) is 5.68. The largest absolute Gasteiger partial charge is 0.303 e. The number of aromatic nitrogens is 3. The van der Waals surface area contributed by atoms with Crippen molar-refractivity contribution in [2.24, 2.45) is 0 Å². The van der Waals surface area contributed by atoms with Gasteiger partial charge >= 0.3 is 0 Å². The lowest BCUT2D eigenvalue weighted by Gasteiger charge is -2.23. The number of likely N-dealkylation sites (tertiary alicyclic amines) is 1. The zero-order valence-electron chi connectivity index (χ0n) is 11.3. The zero-order valence-corrected chi connectivity index (χ0v) is 12.9. The molecule has 4 nitrogen and oxygen atoms in total. The van der Waals surface area contributed by atoms with E-state index < -0.39 is 0 Å². The van der Waals surface area contributed by atoms with E-state index in [0.717, 1.165) is 18.0 Å². The van der Waals surface area contributed by atoms with Gasteiger partial charge in [0, 0.05) is 23.5 Å². The van der Waals surface area contributed by atoms with Crippen molar-refractivity contribution in [3.63, 3.8) is 0 Å². The predicted octanol–water partition coefficient (Wildman–Crippen LogP) is 3.61. The van der Waals surface area contributed by atoms with Gasteiger partial charge in [-0.2, -0.15) is 5.10 Å². The van der Waals surface area contributed by atoms with E-state index in [4.69, 9.17) is 12.2 Å². The van der Waals surface area contributed by atoms with E-state index >= 15 is 0 Å². The van der Waals surface area contributed by atoms with Gasteiger partial charge in [0.1, 0.15) is 6.33 Å². The highest BCUT2D eigenvalue weighted by atomic mass is 32.1. The Balaban J connectivity index is 1.54. The van der Waals surface area contributed by atoms with Gasteiger partial charge in [-0.15, -0.1) is 11.3 Å². The highest BCUT2D eigenvalue weighted by Gasteiger charge is 2.29. The number of hydrogen-bond donors (Lipinski definition) is 0. The lowest BCUT2D eigenvalue weighted by atomic mass is 10.2. The van der Waals surface area contributed by atoms with E-state index in [1.54, 1.807) is 0 Å². The van der Waals surface area contributed by atoms with Gasteiger partial charge in [-0.25, -0.2) is 4.68 Å². The Kier molecular flexibility index (Phi) is 3.24. The van der Waals surface area contributed by atoms with Crippen LogP contribution < -0.4 is 0 Å². The summed E-state index contributed by atoms with van der Waals surface area (Å²) in [5.74, 6) is 0. The van der Waals surface area contributed by atoms with Gasteiger partial charge in [0.25, 0.3) is 0 Å². The van der Waals surface area contributed by atoms with Gasteiger partial charge in [0.05, 0.1) is 6.67 Å². The summed E-state index contributed by atoms with van der Waals surface area (Å²) in [6.45, 7) is 1.96. The fourth-order valence-electron chi connectivity index (χ4n) is 3.02. The maximum atomic E-state index is 5.55. The first-order valence-electron chi connectivity index (χ1n) is 7.24. The summed E-state index contributed by atoms with van der Waals surface area (Å²) in [6, 6.07) is 5.55. The standard InChI is InChI=1S/C14H18N4S2/c19-14-17(11-5-6-11)9-15-18(14)10-16-7-1-3-12(16)13-4-2-8-20-13/h2,4,8-9,11-12H,1,3,5-7,10H2/t12-/m0/s1. The third kappa shape index (κ3) is 2.25. The van der Waals surface area contributed by atoms with Crippen molar-refractivity contribution < 1.29 is 0 Å². The minimum absolute atomic E-state index is 0.544. The van der Waals surface area contributed by atoms with Crippen molar-refractivity contribution in [3.8, 4) is 0 Å². The van der Waals surface area contributed by atoms with Crippen LogP contribution >= 0.6 is 23.6 Å². The molecule has 0 spiro atoms. The number of rotatable bonds is 4. The van der Waals surface area contributed by atoms with Crippen molar-refractivity contribution in [1.82, 2.24) is 19.2 Å². The van der Waals surface area contributed by atoms with Gasteiger partial charge < -0.3 is 4.57 Å². The first-order chi connectivity index (χ1) is 9.83. The molecule has 2 aromatic heterocycles. The molecule has 0 N–H and O–H groups in total. The normalized spacial score (nSPS) is 23.5. The van der Waals surface area contributed by atoms with Crippen LogP contribution in [0.4, 0.5) is 0 Å². The van der Waals surface area contributed by atoms with Crippen LogP contribution in [0.5, 0.6) is 0 Å². The Labute approximate surface area is 127 Å². The SMILES string of the molecule is S=c1n(C2CC2)cnn1CN1CCC[C@H]1c1cccs1. The van der Waals surface area contributed by atoms with E-state index in [2.05, 4.69) is 32.1 Å². The summed E-state index contributed by atoms with van der Waals surface area (Å²) in [7, 11) is 0. The quantitative estimate of drug-likeness (QED) is 0.807. The molecule has 106 valence electrons. The van der Waals surface area contributed by atoms with Crippen molar-refractivity contribution in [2.45, 2.75) is 44.4 Å². The Morgan fingerprint density at radius 1 is 1.35 bits per heavy atom. The van der Waals surface area contributed by atoms with Crippen LogP contribution in [0.2, 0.25) is 0 Å². The lowest BCUT2D eigenvalue weighted by molar-refractivity contribution is 0.192. The molecule has 1 aliphatic heterocycles. The highest BCUT2D eigenvalue weighted by molar-refractivity contribution is 7.71. The van der Waals surface area contributed by atoms with E-state index in [9.17, 15) is 0 Å². The molecule has 0 aromatic carbocycles. The second kappa shape index (κ2) is 5.09. The number of hydrogen-bond acceptors (Lipinski definition) is 4. The summed E-state index contributed by atoms with van der Waals surface area (Å²) in [5.41, 5.74) is 0. The van der Waals surface area contributed by atoms with Crippen molar-refractivity contribution in [3.05, 3.63) is 33.5 Å². The maximum absolute atomic E-state index is 5.55. The fraction of sp³-hybridized carbons (Fsp3) is 0.571. The van der Waals surface area contributed by atoms with E-state index in [1.165, 1.54) is 30.6 Å². The average Bonchev–Trinajstić information content (AvgIpc) is 2.88. The first-order valence-corrected chi connectivity index (χ1v) is 8.53. The molecule has 2 fully saturated rings. The summed E-state index contributed by atoms with van der Waals surface area (Å²) in [5, 5.41) is 6.66. The number of thiophene rings is 1. The van der Waals surface area contributed by atoms with Crippen LogP contribution in [0.15, 0.2) is 23.8 Å². The Morgan fingerprint density at radius 2 is 2.25 bits per heavy atom. The molecule has 1 aliphatic carbocycles. The van der Waals surface area contributed by atoms with Gasteiger partial charge in [-0.3, -0.25) is 4.90 Å². The van der Waals surface area contributed by atoms with Crippen molar-refractivity contribution >= 4 is 23.6 Å². The molecule has 4 rings (SSSR count). The van der Waals surface area contributed by atoms with Crippen LogP contribution in [0.3, 0.4) is 0 Å². The molecule has 2 aromatic rings. The molecule has 1 atom stereocenters. The molecule has 0 unspecified atom stereocenters. The predicted molar refractivity (Wildman–Crippen MR) is 82.3 cm³/mol. The molecule has 3 heterocycles. The summed E-state index contributed by atoms with van der Waals surface area (Å²) < 4.78 is 5.02. The zero-order chi connectivity index (χ0) is 13.5. The monoisotopic (exact) mass is 306 g/mol. The van der Waals surface area contributed by atoms with Crippen LogP contribution in [0.1, 0.15) is 42.6 Å². The summed E-state index contributed by atoms with van der Waals surface area (Å²) in [6.07, 6.45) is 6.93. The Hall–Kier alpha value is -0.980. The highest BCUT2D eigenvalue weighted by Crippen LogP contribution is 2.36. The van der Waals surface area contributed by atoms with E-state index in [1.807, 2.05) is 22.3 Å². The molecule has 0 amide bonds. The molecular formula is C14H18N4S2. The molecule has 1 saturated carbocycles. The topological polar surface area (TPSA) is 26.0 Å². The number of nitrogens with zero attached hydrogens (tertiary/aromatic N) is 4. The van der Waals surface area contributed by atoms with E-state index in [-0.39, 0.29) is 0 Å². The van der Waals surface area contributed by atoms with Gasteiger partial charge in [-0.05, 0) is 49.3 Å². The lowest BCUT2D eigenvalue weighted by Crippen LogP contribution is -2.26. The van der Waals surface area contributed by atoms with Crippen LogP contribution in [-0.2, 0) is 6.67 Å². The molecule has 20 heavy (non-hydrogen) atoms. The van der Waals surface area contributed by atoms with E-state index in [0.29, 0.717) is 12.1 Å². The van der Waals surface area contributed by atoms with Crippen LogP contribution in [0.25, 0.3) is 0 Å². The second-order valence-corrected chi connectivity index (χ2v) is 7.02. The van der Waals surface area contributed by atoms with Gasteiger partial charge in [0.2, 0.25) is 0 Å². The van der Waals surface area contributed by atoms with Crippen molar-refractivity contribution in [1.29, 1.82) is 0 Å². The molecule has 0 bridgehead atoms. The average molecular weight is 306 g/mol. The maximum Gasteiger partial charge on any atom is 0.199 e. The first kappa shape index (κ1) is 12.7. The molecule has 2 aliphatic rings. The Morgan fingerprint density at radius 3 is 3.00 bits per heavy atom. The van der Waals surface area contributed by atoms with Crippen molar-refractivity contribution in [2.75, 3.05) is 6.54 Å². The summed E-state index contributed by atoms with van der Waals surface area (Å²) >= 11 is 7.41. The third-order valence-electron chi connectivity index (χ3n) is 4.25. The van der Waals surface area contributed by atoms with Crippen LogP contribution in [-0.4, -0.2) is 25.8 Å². The summed E-state index contributed by atoms with van der Waals surface area (Å²) in [4.78, 5) is 3.97. The van der Waals surface area contributed by atoms with Crippen LogP contribution in [0, 0.1) is 4.77 Å². The molecular weight excluding hydrogens is 288 g/mol. The Bertz CT molecular complexity index is 638. The molecule has 0 radical (unpaired) electrons. The third-order valence-corrected chi connectivity index (χ3v) is 5.64. The smallest absolute Gasteiger partial charge is 0.199 e. The molecule has 6 heteroatoms. The molecule has 1 saturated heterocycles.